The first-order valence-electron chi connectivity index (χ1n) is 15.4. The van der Waals surface area contributed by atoms with E-state index in [0.717, 1.165) is 0 Å². The highest BCUT2D eigenvalue weighted by Gasteiger charge is 2.09. The van der Waals surface area contributed by atoms with Gasteiger partial charge in [-0.05, 0) is 55.2 Å². The Kier molecular flexibility index (Phi) is 21.1. The average molecular weight is 457 g/mol. The summed E-state index contributed by atoms with van der Waals surface area (Å²) in [5, 5.41) is 0. The normalized spacial score (nSPS) is 11.4. The number of benzene rings is 1. The van der Waals surface area contributed by atoms with Crippen molar-refractivity contribution in [3.8, 4) is 0 Å². The lowest BCUT2D eigenvalue weighted by Crippen LogP contribution is -2.02. The first-order valence-corrected chi connectivity index (χ1v) is 15.4. The van der Waals surface area contributed by atoms with Crippen LogP contribution in [-0.4, -0.2) is 0 Å². The minimum absolute atomic E-state index is 1.31. The minimum atomic E-state index is 1.31. The summed E-state index contributed by atoms with van der Waals surface area (Å²) in [5.74, 6) is 0. The molecule has 0 spiro atoms. The van der Waals surface area contributed by atoms with E-state index in [4.69, 9.17) is 0 Å². The van der Waals surface area contributed by atoms with Gasteiger partial charge >= 0.3 is 0 Å². The second-order valence-corrected chi connectivity index (χ2v) is 10.7. The number of aryl methyl sites for hydroxylation is 2. The van der Waals surface area contributed by atoms with Gasteiger partial charge in [0.2, 0.25) is 0 Å². The molecule has 0 heterocycles. The molecule has 0 bridgehead atoms. The van der Waals surface area contributed by atoms with Crippen molar-refractivity contribution < 1.29 is 0 Å². The Hall–Kier alpha value is -0.780. The molecule has 1 rings (SSSR count). The summed E-state index contributed by atoms with van der Waals surface area (Å²) in [6.45, 7) is 6.94. The highest BCUT2D eigenvalue weighted by atomic mass is 14.1. The van der Waals surface area contributed by atoms with Crippen molar-refractivity contribution >= 4 is 0 Å². The minimum Gasteiger partial charge on any atom is -0.0654 e. The van der Waals surface area contributed by atoms with E-state index in [2.05, 4.69) is 39.0 Å². The second kappa shape index (κ2) is 23.0. The van der Waals surface area contributed by atoms with Crippen LogP contribution in [0.3, 0.4) is 0 Å². The van der Waals surface area contributed by atoms with Gasteiger partial charge < -0.3 is 0 Å². The number of hydrogen-bond donors (Lipinski definition) is 0. The predicted octanol–water partition coefficient (Wildman–Crippen LogP) is 11.6. The number of hydrogen-bond acceptors (Lipinski definition) is 0. The lowest BCUT2D eigenvalue weighted by atomic mass is 9.90. The number of unbranched alkanes of at least 4 members (excludes halogenated alkanes) is 18. The Labute approximate surface area is 209 Å². The van der Waals surface area contributed by atoms with E-state index >= 15 is 0 Å². The quantitative estimate of drug-likeness (QED) is 0.136. The summed E-state index contributed by atoms with van der Waals surface area (Å²) in [6.07, 6.45) is 33.6. The van der Waals surface area contributed by atoms with Crippen LogP contribution in [-0.2, 0) is 19.3 Å². The van der Waals surface area contributed by atoms with Gasteiger partial charge in [0.1, 0.15) is 0 Å². The molecule has 0 unspecified atom stereocenters. The van der Waals surface area contributed by atoms with Crippen molar-refractivity contribution in [1.29, 1.82) is 0 Å². The van der Waals surface area contributed by atoms with Crippen LogP contribution in [0.2, 0.25) is 0 Å². The summed E-state index contributed by atoms with van der Waals surface area (Å²) >= 11 is 0. The molecule has 0 radical (unpaired) electrons. The van der Waals surface area contributed by atoms with Crippen molar-refractivity contribution in [2.24, 2.45) is 0 Å². The van der Waals surface area contributed by atoms with E-state index in [0.29, 0.717) is 0 Å². The molecule has 33 heavy (non-hydrogen) atoms. The molecule has 0 aromatic heterocycles. The van der Waals surface area contributed by atoms with Gasteiger partial charge in [-0.2, -0.15) is 0 Å². The molecule has 0 aliphatic heterocycles. The fraction of sp³-hybridized carbons (Fsp3) is 0.818. The van der Waals surface area contributed by atoms with E-state index in [-0.39, 0.29) is 0 Å². The monoisotopic (exact) mass is 456 g/mol. The third kappa shape index (κ3) is 16.5. The van der Waals surface area contributed by atoms with Crippen molar-refractivity contribution in [3.05, 3.63) is 34.9 Å². The van der Waals surface area contributed by atoms with E-state index < -0.39 is 0 Å². The Morgan fingerprint density at radius 2 is 0.667 bits per heavy atom. The standard InChI is InChI=1S/C33H60/c1-4-7-10-13-16-19-22-26-31-28-25-29-32(27-23-20-17-14-11-8-5-2)33(31)30-24-21-18-15-12-9-6-3/h25,28-29H,4-24,26-27,30H2,1-3H3. The first-order chi connectivity index (χ1) is 16.3. The van der Waals surface area contributed by atoms with E-state index in [1.54, 1.807) is 16.7 Å². The third-order valence-corrected chi connectivity index (χ3v) is 7.50. The molecule has 0 saturated carbocycles. The maximum Gasteiger partial charge on any atom is -0.0273 e. The lowest BCUT2D eigenvalue weighted by Gasteiger charge is -2.16. The van der Waals surface area contributed by atoms with Crippen molar-refractivity contribution in [3.63, 3.8) is 0 Å². The van der Waals surface area contributed by atoms with Gasteiger partial charge in [-0.3, -0.25) is 0 Å². The van der Waals surface area contributed by atoms with Crippen molar-refractivity contribution in [2.75, 3.05) is 0 Å². The largest absolute Gasteiger partial charge is 0.0654 e. The molecule has 0 nitrogen and oxygen atoms in total. The summed E-state index contributed by atoms with van der Waals surface area (Å²) in [4.78, 5) is 0. The van der Waals surface area contributed by atoms with Crippen LogP contribution in [0.4, 0.5) is 0 Å². The molecule has 1 aromatic carbocycles. The number of rotatable bonds is 24. The maximum atomic E-state index is 2.46. The Bertz CT molecular complexity index is 493. The van der Waals surface area contributed by atoms with Crippen LogP contribution >= 0.6 is 0 Å². The SMILES string of the molecule is CCCCCCCCCc1cccc(CCCCCCCCC)c1CCCCCCCCC. The van der Waals surface area contributed by atoms with Gasteiger partial charge in [0.05, 0.1) is 0 Å². The molecule has 192 valence electrons. The highest BCUT2D eigenvalue weighted by Crippen LogP contribution is 2.23. The van der Waals surface area contributed by atoms with Crippen LogP contribution in [0.25, 0.3) is 0 Å². The maximum absolute atomic E-state index is 2.46. The first kappa shape index (κ1) is 30.3. The molecule has 0 atom stereocenters. The van der Waals surface area contributed by atoms with Crippen LogP contribution in [0.15, 0.2) is 18.2 Å². The van der Waals surface area contributed by atoms with Gasteiger partial charge in [0.25, 0.3) is 0 Å². The Morgan fingerprint density at radius 1 is 0.364 bits per heavy atom. The van der Waals surface area contributed by atoms with Gasteiger partial charge in [0, 0.05) is 0 Å². The van der Waals surface area contributed by atoms with Crippen molar-refractivity contribution in [1.82, 2.24) is 0 Å². The fourth-order valence-electron chi connectivity index (χ4n) is 5.28. The topological polar surface area (TPSA) is 0 Å². The molecule has 0 aliphatic carbocycles. The molecule has 0 aliphatic rings. The van der Waals surface area contributed by atoms with Crippen LogP contribution in [0, 0.1) is 0 Å². The summed E-state index contributed by atoms with van der Waals surface area (Å²) in [5.41, 5.74) is 5.13. The third-order valence-electron chi connectivity index (χ3n) is 7.50. The summed E-state index contributed by atoms with van der Waals surface area (Å²) < 4.78 is 0. The second-order valence-electron chi connectivity index (χ2n) is 10.7. The van der Waals surface area contributed by atoms with Gasteiger partial charge in [-0.15, -0.1) is 0 Å². The lowest BCUT2D eigenvalue weighted by molar-refractivity contribution is 0.578. The van der Waals surface area contributed by atoms with E-state index in [9.17, 15) is 0 Å². The average Bonchev–Trinajstić information content (AvgIpc) is 2.83. The van der Waals surface area contributed by atoms with Crippen LogP contribution in [0.5, 0.6) is 0 Å². The fourth-order valence-corrected chi connectivity index (χ4v) is 5.28. The zero-order valence-electron chi connectivity index (χ0n) is 23.2. The molecular weight excluding hydrogens is 396 g/mol. The molecule has 1 aromatic rings. The summed E-state index contributed by atoms with van der Waals surface area (Å²) in [7, 11) is 0. The Morgan fingerprint density at radius 3 is 1.03 bits per heavy atom. The molecule has 0 amide bonds. The Balaban J connectivity index is 2.51. The van der Waals surface area contributed by atoms with Gasteiger partial charge in [-0.25, -0.2) is 0 Å². The van der Waals surface area contributed by atoms with Gasteiger partial charge in [0.15, 0.2) is 0 Å². The van der Waals surface area contributed by atoms with Crippen molar-refractivity contribution in [2.45, 2.75) is 175 Å². The summed E-state index contributed by atoms with van der Waals surface area (Å²) in [6, 6.07) is 7.28. The predicted molar refractivity (Wildman–Crippen MR) is 152 cm³/mol. The molecule has 0 saturated heterocycles. The van der Waals surface area contributed by atoms with Crippen LogP contribution < -0.4 is 0 Å². The van der Waals surface area contributed by atoms with Crippen LogP contribution in [0.1, 0.15) is 172 Å². The molecular formula is C33H60. The van der Waals surface area contributed by atoms with E-state index in [1.165, 1.54) is 154 Å². The highest BCUT2D eigenvalue weighted by molar-refractivity contribution is 5.36. The zero-order chi connectivity index (χ0) is 23.8. The molecule has 0 heteroatoms. The molecule has 0 fully saturated rings. The smallest absolute Gasteiger partial charge is 0.0273 e. The zero-order valence-corrected chi connectivity index (χ0v) is 23.2. The van der Waals surface area contributed by atoms with Gasteiger partial charge in [-0.1, -0.05) is 155 Å². The van der Waals surface area contributed by atoms with E-state index in [1.807, 2.05) is 0 Å². The molecule has 0 N–H and O–H groups in total.